The Morgan fingerprint density at radius 3 is 1.16 bits per heavy atom. The number of nitrogens with two attached hydrogens (primary N) is 2. The summed E-state index contributed by atoms with van der Waals surface area (Å²) in [6, 6.07) is 0. The van der Waals surface area contributed by atoms with Gasteiger partial charge in [-0.2, -0.15) is 98.0 Å². The summed E-state index contributed by atoms with van der Waals surface area (Å²) in [5, 5.41) is -7.78. The van der Waals surface area contributed by atoms with Gasteiger partial charge >= 0.3 is 57.0 Å². The van der Waals surface area contributed by atoms with Crippen LogP contribution in [0.25, 0.3) is 0 Å². The summed E-state index contributed by atoms with van der Waals surface area (Å²) < 4.78 is 249. The molecule has 0 saturated carbocycles. The Morgan fingerprint density at radius 1 is 0.553 bits per heavy atom. The second-order valence-electron chi connectivity index (χ2n) is 6.79. The van der Waals surface area contributed by atoms with Crippen LogP contribution < -0.4 is 15.8 Å². The van der Waals surface area contributed by atoms with Gasteiger partial charge in [0.1, 0.15) is 0 Å². The van der Waals surface area contributed by atoms with Crippen LogP contribution in [0.5, 0.6) is 0 Å². The van der Waals surface area contributed by atoms with Crippen LogP contribution in [0.1, 0.15) is 0 Å². The molecule has 26 heteroatoms. The molecule has 0 aliphatic carbocycles. The lowest BCUT2D eigenvalue weighted by Gasteiger charge is -2.42. The van der Waals surface area contributed by atoms with Crippen molar-refractivity contribution in [3.05, 3.63) is 0 Å². The van der Waals surface area contributed by atoms with Gasteiger partial charge in [0.15, 0.2) is 0 Å². The molecule has 0 bridgehead atoms. The highest BCUT2D eigenvalue weighted by atomic mass is 32.2. The highest BCUT2D eigenvalue weighted by molar-refractivity contribution is 7.93. The van der Waals surface area contributed by atoms with Gasteiger partial charge in [0.2, 0.25) is 17.8 Å². The van der Waals surface area contributed by atoms with E-state index in [4.69, 9.17) is 11.5 Å². The normalized spacial score (nSPS) is 15.5. The molecule has 0 unspecified atom stereocenters. The topological polar surface area (TPSA) is 128 Å². The molecule has 0 saturated heterocycles. The maximum Gasteiger partial charge on any atom is 0.460 e. The van der Waals surface area contributed by atoms with Crippen LogP contribution in [0.15, 0.2) is 0 Å². The number of halogens is 17. The van der Waals surface area contributed by atoms with Crippen LogP contribution >= 0.6 is 0 Å². The predicted molar refractivity (Wildman–Crippen MR) is 86.7 cm³/mol. The largest absolute Gasteiger partial charge is 0.460 e. The van der Waals surface area contributed by atoms with Gasteiger partial charge in [-0.25, -0.2) is 4.31 Å². The Labute approximate surface area is 196 Å². The lowest BCUT2D eigenvalue weighted by atomic mass is 9.91. The van der Waals surface area contributed by atoms with Crippen LogP contribution in [-0.2, 0) is 10.0 Å². The van der Waals surface area contributed by atoms with Crippen molar-refractivity contribution >= 4 is 27.9 Å². The Morgan fingerprint density at radius 2 is 0.842 bits per heavy atom. The molecule has 4 N–H and O–H groups in total. The SMILES string of the molecule is CN(c1nc(N)nc(N)n1)S(=O)(=O)C(F)(F)C(F)(F)C(F)(F)C(F)(F)C(F)(F)C(F)(F)C(F)(F)C(F)(F)F. The van der Waals surface area contributed by atoms with E-state index in [0.717, 1.165) is 0 Å². The minimum absolute atomic E-state index is 0.295. The van der Waals surface area contributed by atoms with E-state index in [1.165, 1.54) is 0 Å². The molecular weight excluding hydrogens is 615 g/mol. The van der Waals surface area contributed by atoms with Crippen LogP contribution in [-0.4, -0.2) is 77.4 Å². The first-order valence-corrected chi connectivity index (χ1v) is 9.71. The van der Waals surface area contributed by atoms with Gasteiger partial charge in [-0.1, -0.05) is 0 Å². The van der Waals surface area contributed by atoms with E-state index in [-0.39, 0.29) is 7.05 Å². The smallest absolute Gasteiger partial charge is 0.368 e. The van der Waals surface area contributed by atoms with E-state index in [9.17, 15) is 83.1 Å². The van der Waals surface area contributed by atoms with Gasteiger partial charge in [0.05, 0.1) is 0 Å². The Bertz CT molecular complexity index is 1150. The second kappa shape index (κ2) is 8.59. The molecule has 0 spiro atoms. The molecule has 0 aliphatic rings. The number of nitrogen functional groups attached to an aromatic ring is 2. The number of nitrogens with zero attached hydrogens (tertiary/aromatic N) is 4. The third kappa shape index (κ3) is 4.13. The fourth-order valence-corrected chi connectivity index (χ4v) is 3.22. The van der Waals surface area contributed by atoms with Crippen molar-refractivity contribution in [2.24, 2.45) is 0 Å². The molecule has 222 valence electrons. The zero-order chi connectivity index (χ0) is 30.9. The van der Waals surface area contributed by atoms with Crippen molar-refractivity contribution in [3.8, 4) is 0 Å². The minimum atomic E-state index is -8.94. The fraction of sp³-hybridized carbons (Fsp3) is 0.750. The monoisotopic (exact) mass is 622 g/mol. The molecule has 0 radical (unpaired) electrons. The van der Waals surface area contributed by atoms with E-state index in [2.05, 4.69) is 15.0 Å². The molecule has 8 nitrogen and oxygen atoms in total. The first-order chi connectivity index (χ1) is 16.3. The number of alkyl halides is 17. The third-order valence-corrected chi connectivity index (χ3v) is 6.11. The number of aromatic nitrogens is 3. The summed E-state index contributed by atoms with van der Waals surface area (Å²) in [4.78, 5) is 8.38. The zero-order valence-corrected chi connectivity index (χ0v) is 17.9. The predicted octanol–water partition coefficient (Wildman–Crippen LogP) is 3.77. The van der Waals surface area contributed by atoms with E-state index in [0.29, 0.717) is 0 Å². The highest BCUT2D eigenvalue weighted by Crippen LogP contribution is 2.64. The second-order valence-corrected chi connectivity index (χ2v) is 8.80. The third-order valence-electron chi connectivity index (χ3n) is 4.32. The van der Waals surface area contributed by atoms with E-state index < -0.39 is 79.1 Å². The molecule has 1 rings (SSSR count). The van der Waals surface area contributed by atoms with E-state index >= 15 is 0 Å². The van der Waals surface area contributed by atoms with Gasteiger partial charge in [0.25, 0.3) is 0 Å². The summed E-state index contributed by atoms with van der Waals surface area (Å²) in [5.74, 6) is -56.4. The van der Waals surface area contributed by atoms with Gasteiger partial charge in [-0.15, -0.1) is 0 Å². The summed E-state index contributed by atoms with van der Waals surface area (Å²) in [7, 11) is -7.94. The number of hydrogen-bond acceptors (Lipinski definition) is 7. The van der Waals surface area contributed by atoms with Gasteiger partial charge < -0.3 is 11.5 Å². The summed E-state index contributed by atoms with van der Waals surface area (Å²) in [5.41, 5.74) is 9.80. The minimum Gasteiger partial charge on any atom is -0.368 e. The maximum absolute atomic E-state index is 14.2. The quantitative estimate of drug-likeness (QED) is 0.402. The molecule has 0 atom stereocenters. The molecule has 1 aromatic heterocycles. The van der Waals surface area contributed by atoms with Crippen LogP contribution in [0.2, 0.25) is 0 Å². The molecular formula is C12H7F17N6O2S. The molecule has 1 aromatic rings. The molecule has 1 heterocycles. The summed E-state index contributed by atoms with van der Waals surface area (Å²) in [6.07, 6.45) is -7.92. The van der Waals surface area contributed by atoms with Crippen LogP contribution in [0, 0.1) is 0 Å². The Kier molecular flexibility index (Phi) is 7.50. The highest BCUT2D eigenvalue weighted by Gasteiger charge is 2.96. The number of hydrogen-bond donors (Lipinski definition) is 2. The van der Waals surface area contributed by atoms with Crippen molar-refractivity contribution < 1.29 is 83.1 Å². The van der Waals surface area contributed by atoms with Crippen LogP contribution in [0.3, 0.4) is 0 Å². The molecule has 38 heavy (non-hydrogen) atoms. The fourth-order valence-electron chi connectivity index (χ4n) is 2.13. The average molecular weight is 622 g/mol. The van der Waals surface area contributed by atoms with Gasteiger partial charge in [-0.05, 0) is 0 Å². The van der Waals surface area contributed by atoms with Crippen molar-refractivity contribution in [1.82, 2.24) is 15.0 Å². The first kappa shape index (κ1) is 33.2. The lowest BCUT2D eigenvalue weighted by molar-refractivity contribution is -0.458. The van der Waals surface area contributed by atoms with Crippen molar-refractivity contribution in [2.75, 3.05) is 22.8 Å². The molecule has 0 fully saturated rings. The lowest BCUT2D eigenvalue weighted by Crippen LogP contribution is -2.75. The van der Waals surface area contributed by atoms with Crippen LogP contribution in [0.4, 0.5) is 92.5 Å². The van der Waals surface area contributed by atoms with Gasteiger partial charge in [0, 0.05) is 7.05 Å². The maximum atomic E-state index is 14.2. The first-order valence-electron chi connectivity index (χ1n) is 8.27. The average Bonchev–Trinajstić information content (AvgIpc) is 2.70. The zero-order valence-electron chi connectivity index (χ0n) is 17.1. The number of anilines is 3. The van der Waals surface area contributed by atoms with E-state index in [1.807, 2.05) is 0 Å². The summed E-state index contributed by atoms with van der Waals surface area (Å²) >= 11 is 0. The van der Waals surface area contributed by atoms with Crippen molar-refractivity contribution in [2.45, 2.75) is 47.0 Å². The Balaban J connectivity index is 3.80. The molecule has 0 aromatic carbocycles. The summed E-state index contributed by atoms with van der Waals surface area (Å²) in [6.45, 7) is 0. The Hall–Kier alpha value is -2.83. The molecule has 0 amide bonds. The number of rotatable bonds is 9. The number of sulfonamides is 1. The van der Waals surface area contributed by atoms with E-state index in [1.54, 1.807) is 0 Å². The van der Waals surface area contributed by atoms with Crippen molar-refractivity contribution in [3.63, 3.8) is 0 Å². The van der Waals surface area contributed by atoms with Gasteiger partial charge in [-0.3, -0.25) is 0 Å². The molecule has 0 aliphatic heterocycles. The van der Waals surface area contributed by atoms with Crippen molar-refractivity contribution in [1.29, 1.82) is 0 Å². The standard InChI is InChI=1S/C12H7F17N6O2S/c1-35(4-33-2(30)32-3(31)34-4)38(36,37)12(28,29)10(23,24)8(19,20)6(15,16)5(13,14)7(17,18)9(21,22)11(25,26)27/h1H3,(H4,30,31,32,33,34).